The minimum absolute atomic E-state index is 0.163. The molecule has 2 aliphatic carbocycles. The molecule has 9 heteroatoms. The van der Waals surface area contributed by atoms with Gasteiger partial charge in [0.1, 0.15) is 0 Å². The van der Waals surface area contributed by atoms with Crippen LogP contribution in [0.4, 0.5) is 10.6 Å². The number of hydrogen-bond donors (Lipinski definition) is 3. The topological polar surface area (TPSA) is 89.6 Å². The summed E-state index contributed by atoms with van der Waals surface area (Å²) in [6.45, 7) is 1.75. The van der Waals surface area contributed by atoms with Gasteiger partial charge in [-0.1, -0.05) is 83.9 Å². The van der Waals surface area contributed by atoms with Crippen molar-refractivity contribution in [1.29, 1.82) is 0 Å². The highest BCUT2D eigenvalue weighted by Gasteiger charge is 2.27. The van der Waals surface area contributed by atoms with Gasteiger partial charge in [-0.05, 0) is 68.1 Å². The average molecular weight is 585 g/mol. The smallest absolute Gasteiger partial charge is 0.333 e. The van der Waals surface area contributed by atoms with Gasteiger partial charge in [0.2, 0.25) is 0 Å². The van der Waals surface area contributed by atoms with Gasteiger partial charge in [0.05, 0.1) is 16.6 Å². The highest BCUT2D eigenvalue weighted by molar-refractivity contribution is 6.33. The molecular formula is C33H37ClN6O2. The number of aryl methyl sites for hydroxylation is 1. The molecule has 2 aliphatic rings. The Labute approximate surface area is 252 Å². The Morgan fingerprint density at radius 2 is 1.79 bits per heavy atom. The highest BCUT2D eigenvalue weighted by Crippen LogP contribution is 2.37. The predicted octanol–water partition coefficient (Wildman–Crippen LogP) is 5.90. The van der Waals surface area contributed by atoms with Gasteiger partial charge in [-0.25, -0.2) is 9.78 Å². The number of halogens is 1. The zero-order chi connectivity index (χ0) is 29.5. The number of likely N-dealkylation sites (N-methyl/N-ethyl adjacent to an activating group) is 1. The lowest BCUT2D eigenvalue weighted by atomic mass is 9.89. The van der Waals surface area contributed by atoms with Crippen LogP contribution in [0.2, 0.25) is 5.02 Å². The minimum atomic E-state index is -0.404. The number of carbonyl (C=O) groups excluding carboxylic acids is 2. The molecule has 0 saturated heterocycles. The number of hydrogen-bond acceptors (Lipinski definition) is 5. The molecule has 0 saturated carbocycles. The zero-order valence-electron chi connectivity index (χ0n) is 24.1. The molecule has 42 heavy (non-hydrogen) atoms. The molecule has 2 aromatic carbocycles. The second-order valence-corrected chi connectivity index (χ2v) is 11.3. The number of amides is 3. The molecule has 3 amide bonds. The maximum absolute atomic E-state index is 13.5. The molecule has 3 N–H and O–H groups in total. The van der Waals surface area contributed by atoms with Crippen molar-refractivity contribution < 1.29 is 9.59 Å². The third kappa shape index (κ3) is 7.19. The zero-order valence-corrected chi connectivity index (χ0v) is 24.8. The molecule has 0 aliphatic heterocycles. The fraction of sp³-hybridized carbons (Fsp3) is 0.303. The van der Waals surface area contributed by atoms with Crippen LogP contribution in [-0.4, -0.2) is 53.9 Å². The molecule has 218 valence electrons. The third-order valence-corrected chi connectivity index (χ3v) is 7.96. The molecule has 1 atom stereocenters. The number of nitrogens with zero attached hydrogens (tertiary/aromatic N) is 3. The first-order valence-corrected chi connectivity index (χ1v) is 14.7. The van der Waals surface area contributed by atoms with E-state index in [1.165, 1.54) is 17.3 Å². The van der Waals surface area contributed by atoms with Crippen molar-refractivity contribution in [3.05, 3.63) is 117 Å². The van der Waals surface area contributed by atoms with Gasteiger partial charge < -0.3 is 15.1 Å². The standard InChI is InChI=1S/C33H37ClN6O2/c1-39(2)18-19-40(22-23-10-4-3-5-11-23)32(41)26-20-29(34)31(35-21-26)37-38-33(42)36-30-27-14-8-6-12-24(27)16-17-25-13-7-9-15-28(25)30/h3-6,8-12,14-15,20-21,30H,7,13,16-19,22H2,1-2H3,(H,35,37)(H2,36,38,42). The Morgan fingerprint density at radius 3 is 2.57 bits per heavy atom. The summed E-state index contributed by atoms with van der Waals surface area (Å²) in [5.74, 6) is 0.0917. The van der Waals surface area contributed by atoms with Crippen LogP contribution < -0.4 is 16.2 Å². The van der Waals surface area contributed by atoms with E-state index in [1.54, 1.807) is 11.0 Å². The number of allylic oxidation sites excluding steroid dienone is 2. The summed E-state index contributed by atoms with van der Waals surface area (Å²) >= 11 is 6.53. The van der Waals surface area contributed by atoms with E-state index in [9.17, 15) is 9.59 Å². The van der Waals surface area contributed by atoms with E-state index in [0.717, 1.165) is 48.9 Å². The number of aromatic nitrogens is 1. The number of urea groups is 1. The molecule has 8 nitrogen and oxygen atoms in total. The Morgan fingerprint density at radius 1 is 1.00 bits per heavy atom. The lowest BCUT2D eigenvalue weighted by Crippen LogP contribution is -2.42. The number of hydrazine groups is 1. The fourth-order valence-electron chi connectivity index (χ4n) is 5.44. The van der Waals surface area contributed by atoms with Crippen molar-refractivity contribution >= 4 is 29.4 Å². The lowest BCUT2D eigenvalue weighted by molar-refractivity contribution is 0.0731. The van der Waals surface area contributed by atoms with E-state index in [1.807, 2.05) is 61.5 Å². The lowest BCUT2D eigenvalue weighted by Gasteiger charge is -2.25. The first-order chi connectivity index (χ1) is 20.4. The monoisotopic (exact) mass is 584 g/mol. The number of nitrogens with one attached hydrogen (secondary N) is 3. The number of anilines is 1. The maximum Gasteiger partial charge on any atom is 0.334 e. The molecule has 1 aromatic heterocycles. The van der Waals surface area contributed by atoms with Gasteiger partial charge >= 0.3 is 6.03 Å². The first kappa shape index (κ1) is 29.4. The van der Waals surface area contributed by atoms with Crippen LogP contribution in [0.3, 0.4) is 0 Å². The fourth-order valence-corrected chi connectivity index (χ4v) is 5.65. The second-order valence-electron chi connectivity index (χ2n) is 10.9. The van der Waals surface area contributed by atoms with Gasteiger partial charge in [-0.3, -0.25) is 15.6 Å². The number of benzene rings is 2. The molecule has 0 spiro atoms. The molecule has 3 aromatic rings. The second kappa shape index (κ2) is 13.7. The van der Waals surface area contributed by atoms with Crippen molar-refractivity contribution in [3.8, 4) is 0 Å². The van der Waals surface area contributed by atoms with E-state index in [-0.39, 0.29) is 22.8 Å². The Kier molecular flexibility index (Phi) is 9.56. The van der Waals surface area contributed by atoms with E-state index >= 15 is 0 Å². The molecule has 5 rings (SSSR count). The van der Waals surface area contributed by atoms with E-state index in [0.29, 0.717) is 18.7 Å². The number of fused-ring (bicyclic) bond motifs is 1. The van der Waals surface area contributed by atoms with Crippen molar-refractivity contribution in [2.45, 2.75) is 38.3 Å². The molecule has 1 heterocycles. The SMILES string of the molecule is CN(C)CCN(Cc1ccccc1)C(=O)c1cnc(NNC(=O)NC2C3=C(CCC=C3)CCc3ccccc32)c(Cl)c1. The van der Waals surface area contributed by atoms with E-state index in [4.69, 9.17) is 11.6 Å². The largest absolute Gasteiger partial charge is 0.334 e. The summed E-state index contributed by atoms with van der Waals surface area (Å²) in [6.07, 6.45) is 9.80. The van der Waals surface area contributed by atoms with Crippen molar-refractivity contribution in [1.82, 2.24) is 25.5 Å². The van der Waals surface area contributed by atoms with Gasteiger partial charge in [-0.2, -0.15) is 0 Å². The van der Waals surface area contributed by atoms with Gasteiger partial charge in [-0.15, -0.1) is 0 Å². The Hall–Kier alpha value is -4.14. The molecular weight excluding hydrogens is 548 g/mol. The number of carbonyl (C=O) groups is 2. The summed E-state index contributed by atoms with van der Waals surface area (Å²) in [5, 5.41) is 3.37. The summed E-state index contributed by atoms with van der Waals surface area (Å²) in [7, 11) is 3.95. The molecule has 0 fully saturated rings. The Balaban J connectivity index is 1.26. The summed E-state index contributed by atoms with van der Waals surface area (Å²) in [6, 6.07) is 19.1. The van der Waals surface area contributed by atoms with Crippen LogP contribution in [0.15, 0.2) is 90.2 Å². The van der Waals surface area contributed by atoms with Gasteiger partial charge in [0.25, 0.3) is 5.91 Å². The molecule has 1 unspecified atom stereocenters. The van der Waals surface area contributed by atoms with Crippen LogP contribution in [0.1, 0.15) is 52.4 Å². The quantitative estimate of drug-likeness (QED) is 0.273. The van der Waals surface area contributed by atoms with Crippen LogP contribution in [0.25, 0.3) is 0 Å². The Bertz CT molecular complexity index is 1490. The van der Waals surface area contributed by atoms with Gasteiger partial charge in [0.15, 0.2) is 5.82 Å². The van der Waals surface area contributed by atoms with Crippen molar-refractivity contribution in [2.75, 3.05) is 32.6 Å². The average Bonchev–Trinajstić information content (AvgIpc) is 3.16. The summed E-state index contributed by atoms with van der Waals surface area (Å²) < 4.78 is 0. The summed E-state index contributed by atoms with van der Waals surface area (Å²) in [4.78, 5) is 34.7. The van der Waals surface area contributed by atoms with Gasteiger partial charge in [0, 0.05) is 25.8 Å². The normalized spacial score (nSPS) is 15.9. The first-order valence-electron chi connectivity index (χ1n) is 14.3. The maximum atomic E-state index is 13.5. The number of rotatable bonds is 9. The van der Waals surface area contributed by atoms with Crippen LogP contribution in [0, 0.1) is 0 Å². The molecule has 0 bridgehead atoms. The van der Waals surface area contributed by atoms with E-state index in [2.05, 4.69) is 45.4 Å². The number of pyridine rings is 1. The third-order valence-electron chi connectivity index (χ3n) is 7.67. The van der Waals surface area contributed by atoms with Crippen LogP contribution in [-0.2, 0) is 13.0 Å². The highest BCUT2D eigenvalue weighted by atomic mass is 35.5. The summed E-state index contributed by atoms with van der Waals surface area (Å²) in [5.41, 5.74) is 11.8. The van der Waals surface area contributed by atoms with E-state index < -0.39 is 6.03 Å². The predicted molar refractivity (Wildman–Crippen MR) is 167 cm³/mol. The van der Waals surface area contributed by atoms with Crippen molar-refractivity contribution in [2.24, 2.45) is 0 Å². The minimum Gasteiger partial charge on any atom is -0.333 e. The van der Waals surface area contributed by atoms with Crippen molar-refractivity contribution in [3.63, 3.8) is 0 Å². The molecule has 0 radical (unpaired) electrons. The van der Waals surface area contributed by atoms with Crippen LogP contribution >= 0.6 is 11.6 Å². The van der Waals surface area contributed by atoms with Crippen LogP contribution in [0.5, 0.6) is 0 Å².